The van der Waals surface area contributed by atoms with Crippen molar-refractivity contribution in [3.8, 4) is 23.0 Å². The molecular weight excluding hydrogens is 338 g/mol. The van der Waals surface area contributed by atoms with Gasteiger partial charge in [-0.1, -0.05) is 30.3 Å². The van der Waals surface area contributed by atoms with Gasteiger partial charge in [-0.05, 0) is 59.2 Å². The van der Waals surface area contributed by atoms with Gasteiger partial charge in [0.15, 0.2) is 17.4 Å². The molecule has 0 saturated carbocycles. The van der Waals surface area contributed by atoms with Crippen LogP contribution in [0.4, 0.5) is 0 Å². The summed E-state index contributed by atoms with van der Waals surface area (Å²) >= 11 is 0. The van der Waals surface area contributed by atoms with E-state index in [1.54, 1.807) is 0 Å². The lowest BCUT2D eigenvalue weighted by atomic mass is 10.1. The second kappa shape index (κ2) is 7.66. The van der Waals surface area contributed by atoms with E-state index in [2.05, 4.69) is 33.7 Å². The number of hydrogen-bond donors (Lipinski definition) is 0. The molecule has 0 N–H and O–H groups in total. The number of rotatable bonds is 5. The molecule has 0 atom stereocenters. The molecule has 142 valence electrons. The summed E-state index contributed by atoms with van der Waals surface area (Å²) in [7, 11) is 6.25. The average Bonchev–Trinajstić information content (AvgIpc) is 3.29. The zero-order valence-corrected chi connectivity index (χ0v) is 16.3. The van der Waals surface area contributed by atoms with Crippen molar-refractivity contribution in [3.63, 3.8) is 0 Å². The first-order valence-corrected chi connectivity index (χ1v) is 9.54. The minimum atomic E-state index is 0.351. The van der Waals surface area contributed by atoms with E-state index in [4.69, 9.17) is 14.5 Å². The Kier molecular flexibility index (Phi) is 5.09. The summed E-state index contributed by atoms with van der Waals surface area (Å²) in [5, 5.41) is 4.89. The predicted molar refractivity (Wildman–Crippen MR) is 106 cm³/mol. The van der Waals surface area contributed by atoms with Gasteiger partial charge in [-0.15, -0.1) is 0 Å². The third-order valence-corrected chi connectivity index (χ3v) is 5.05. The fraction of sp³-hybridized carbons (Fsp3) is 0.429. The molecule has 1 aliphatic heterocycles. The number of nitrogens with zero attached hydrogens (tertiary/aromatic N) is 5. The van der Waals surface area contributed by atoms with Crippen LogP contribution < -0.4 is 0 Å². The van der Waals surface area contributed by atoms with Crippen LogP contribution in [0.1, 0.15) is 24.6 Å². The molecule has 0 amide bonds. The second-order valence-electron chi connectivity index (χ2n) is 7.61. The van der Waals surface area contributed by atoms with Gasteiger partial charge in [-0.25, -0.2) is 9.67 Å². The van der Waals surface area contributed by atoms with E-state index < -0.39 is 0 Å². The van der Waals surface area contributed by atoms with Crippen LogP contribution in [0, 0.1) is 0 Å². The topological polar surface area (TPSA) is 50.3 Å². The maximum Gasteiger partial charge on any atom is 0.195 e. The molecule has 3 heterocycles. The van der Waals surface area contributed by atoms with Crippen molar-refractivity contribution < 1.29 is 4.42 Å². The van der Waals surface area contributed by atoms with Crippen LogP contribution in [0.3, 0.4) is 0 Å². The normalized spacial score (nSPS) is 16.3. The molecule has 0 aliphatic carbocycles. The Bertz CT molecular complexity index is 875. The van der Waals surface area contributed by atoms with E-state index in [9.17, 15) is 0 Å². The van der Waals surface area contributed by atoms with Crippen LogP contribution >= 0.6 is 0 Å². The molecule has 3 aromatic rings. The van der Waals surface area contributed by atoms with E-state index in [1.807, 2.05) is 44.4 Å². The lowest BCUT2D eigenvalue weighted by molar-refractivity contribution is 0.213. The molecule has 27 heavy (non-hydrogen) atoms. The van der Waals surface area contributed by atoms with Crippen molar-refractivity contribution in [2.45, 2.75) is 25.4 Å². The van der Waals surface area contributed by atoms with E-state index in [0.717, 1.165) is 61.2 Å². The molecular formula is C21H27N5O. The van der Waals surface area contributed by atoms with Crippen LogP contribution in [0.25, 0.3) is 23.0 Å². The van der Waals surface area contributed by atoms with Crippen molar-refractivity contribution in [1.29, 1.82) is 0 Å². The summed E-state index contributed by atoms with van der Waals surface area (Å²) < 4.78 is 8.20. The van der Waals surface area contributed by atoms with Gasteiger partial charge in [-0.3, -0.25) is 0 Å². The number of aromatic nitrogens is 3. The van der Waals surface area contributed by atoms with Crippen LogP contribution in [0.5, 0.6) is 0 Å². The van der Waals surface area contributed by atoms with Crippen LogP contribution in [-0.2, 0) is 6.54 Å². The molecule has 1 saturated heterocycles. The van der Waals surface area contributed by atoms with E-state index in [-0.39, 0.29) is 0 Å². The van der Waals surface area contributed by atoms with Gasteiger partial charge in [0.1, 0.15) is 5.76 Å². The van der Waals surface area contributed by atoms with Crippen molar-refractivity contribution in [3.05, 3.63) is 48.2 Å². The van der Waals surface area contributed by atoms with Crippen molar-refractivity contribution >= 4 is 0 Å². The molecule has 0 spiro atoms. The quantitative estimate of drug-likeness (QED) is 0.692. The van der Waals surface area contributed by atoms with Gasteiger partial charge in [0, 0.05) is 5.56 Å². The van der Waals surface area contributed by atoms with Gasteiger partial charge in [-0.2, -0.15) is 5.10 Å². The Hall–Kier alpha value is -2.44. The number of likely N-dealkylation sites (tertiary alicyclic amines) is 1. The van der Waals surface area contributed by atoms with Crippen LogP contribution in [0.15, 0.2) is 46.9 Å². The summed E-state index contributed by atoms with van der Waals surface area (Å²) in [5.41, 5.74) is 1.03. The third-order valence-electron chi connectivity index (χ3n) is 5.05. The number of benzene rings is 1. The highest BCUT2D eigenvalue weighted by Gasteiger charge is 2.25. The molecule has 4 rings (SSSR count). The Morgan fingerprint density at radius 3 is 2.52 bits per heavy atom. The fourth-order valence-corrected chi connectivity index (χ4v) is 3.59. The summed E-state index contributed by atoms with van der Waals surface area (Å²) in [5.74, 6) is 3.32. The van der Waals surface area contributed by atoms with Gasteiger partial charge in [0.25, 0.3) is 0 Å². The van der Waals surface area contributed by atoms with E-state index >= 15 is 0 Å². The molecule has 6 heteroatoms. The number of furan rings is 1. The van der Waals surface area contributed by atoms with E-state index in [0.29, 0.717) is 6.04 Å². The zero-order chi connectivity index (χ0) is 18.8. The molecule has 0 bridgehead atoms. The number of piperidine rings is 1. The van der Waals surface area contributed by atoms with Crippen LogP contribution in [-0.4, -0.2) is 58.8 Å². The Labute approximate surface area is 160 Å². The maximum absolute atomic E-state index is 6.11. The Balaban J connectivity index is 1.72. The van der Waals surface area contributed by atoms with Crippen molar-refractivity contribution in [2.24, 2.45) is 0 Å². The highest BCUT2D eigenvalue weighted by Crippen LogP contribution is 2.30. The fourth-order valence-electron chi connectivity index (χ4n) is 3.59. The Morgan fingerprint density at radius 1 is 1.07 bits per heavy atom. The minimum Gasteiger partial charge on any atom is -0.456 e. The van der Waals surface area contributed by atoms with Crippen molar-refractivity contribution in [1.82, 2.24) is 24.6 Å². The standard InChI is InChI=1S/C21H27N5O/c1-24(2)15-18-9-10-19(27-18)21-22-20(16-7-5-4-6-8-16)23-26(21)17-11-13-25(3)14-12-17/h4-10,17H,11-15H2,1-3H3. The van der Waals surface area contributed by atoms with Crippen molar-refractivity contribution in [2.75, 3.05) is 34.2 Å². The monoisotopic (exact) mass is 365 g/mol. The molecule has 2 aromatic heterocycles. The Morgan fingerprint density at radius 2 is 1.81 bits per heavy atom. The van der Waals surface area contributed by atoms with Gasteiger partial charge >= 0.3 is 0 Å². The molecule has 1 aromatic carbocycles. The number of hydrogen-bond acceptors (Lipinski definition) is 5. The summed E-state index contributed by atoms with van der Waals surface area (Å²) in [4.78, 5) is 9.33. The van der Waals surface area contributed by atoms with Gasteiger partial charge in [0.2, 0.25) is 0 Å². The lowest BCUT2D eigenvalue weighted by Gasteiger charge is -2.29. The highest BCUT2D eigenvalue weighted by atomic mass is 16.3. The first-order chi connectivity index (χ1) is 13.1. The smallest absolute Gasteiger partial charge is 0.195 e. The summed E-state index contributed by atoms with van der Waals surface area (Å²) in [6.07, 6.45) is 2.15. The van der Waals surface area contributed by atoms with Gasteiger partial charge < -0.3 is 14.2 Å². The van der Waals surface area contributed by atoms with Crippen LogP contribution in [0.2, 0.25) is 0 Å². The summed E-state index contributed by atoms with van der Waals surface area (Å²) in [6, 6.07) is 14.6. The first-order valence-electron chi connectivity index (χ1n) is 9.54. The molecule has 0 radical (unpaired) electrons. The molecule has 6 nitrogen and oxygen atoms in total. The SMILES string of the molecule is CN(C)Cc1ccc(-c2nc(-c3ccccc3)nn2C2CCN(C)CC2)o1. The second-order valence-corrected chi connectivity index (χ2v) is 7.61. The zero-order valence-electron chi connectivity index (χ0n) is 16.3. The predicted octanol–water partition coefficient (Wildman–Crippen LogP) is 3.53. The molecule has 1 fully saturated rings. The maximum atomic E-state index is 6.11. The first kappa shape index (κ1) is 17.9. The lowest BCUT2D eigenvalue weighted by Crippen LogP contribution is -2.32. The highest BCUT2D eigenvalue weighted by molar-refractivity contribution is 5.59. The minimum absolute atomic E-state index is 0.351. The third kappa shape index (κ3) is 3.96. The molecule has 1 aliphatic rings. The average molecular weight is 365 g/mol. The largest absolute Gasteiger partial charge is 0.456 e. The molecule has 0 unspecified atom stereocenters. The summed E-state index contributed by atoms with van der Waals surface area (Å²) in [6.45, 7) is 2.93. The van der Waals surface area contributed by atoms with Gasteiger partial charge in [0.05, 0.1) is 12.6 Å². The van der Waals surface area contributed by atoms with E-state index in [1.165, 1.54) is 0 Å².